The summed E-state index contributed by atoms with van der Waals surface area (Å²) in [5.41, 5.74) is 3.28. The standard InChI is InChI=1S/C30H34O3/c1-28-14-12-26-25-10-9-24(32-2)18-22(25)8-11-27(26)29(28)15-16-30(28,31)23(19-29)13-17-33-20-21-6-4-3-5-7-21/h3-7,9-10,13,15-18,23,26-27,31H,8,11-12,14,19-20H2,1-2H3/b17-13-/t23-,26-,27-,28+,29+,30-/m1/s1. The van der Waals surface area contributed by atoms with E-state index in [-0.39, 0.29) is 16.7 Å². The number of aliphatic hydroxyl groups is 1. The van der Waals surface area contributed by atoms with Crippen molar-refractivity contribution in [2.45, 2.75) is 57.2 Å². The predicted molar refractivity (Wildman–Crippen MR) is 130 cm³/mol. The fourth-order valence-corrected chi connectivity index (χ4v) is 8.00. The summed E-state index contributed by atoms with van der Waals surface area (Å²) >= 11 is 0. The van der Waals surface area contributed by atoms with Gasteiger partial charge in [-0.3, -0.25) is 0 Å². The summed E-state index contributed by atoms with van der Waals surface area (Å²) in [5.74, 6) is 2.20. The Labute approximate surface area is 197 Å². The maximum atomic E-state index is 12.0. The fourth-order valence-electron chi connectivity index (χ4n) is 8.00. The summed E-state index contributed by atoms with van der Waals surface area (Å²) in [5, 5.41) is 12.0. The van der Waals surface area contributed by atoms with Gasteiger partial charge in [-0.25, -0.2) is 0 Å². The highest BCUT2D eigenvalue weighted by Gasteiger charge is 2.73. The summed E-state index contributed by atoms with van der Waals surface area (Å²) in [7, 11) is 1.75. The lowest BCUT2D eigenvalue weighted by molar-refractivity contribution is -0.0935. The van der Waals surface area contributed by atoms with Crippen LogP contribution in [-0.4, -0.2) is 17.8 Å². The molecule has 0 heterocycles. The van der Waals surface area contributed by atoms with Gasteiger partial charge in [0.05, 0.1) is 19.0 Å². The highest BCUT2D eigenvalue weighted by molar-refractivity contribution is 5.45. The zero-order valence-electron chi connectivity index (χ0n) is 19.7. The van der Waals surface area contributed by atoms with E-state index < -0.39 is 5.60 Å². The summed E-state index contributed by atoms with van der Waals surface area (Å²) in [6.45, 7) is 2.91. The first-order valence-corrected chi connectivity index (χ1v) is 12.4. The Balaban J connectivity index is 1.26. The Morgan fingerprint density at radius 1 is 1.09 bits per heavy atom. The van der Waals surface area contributed by atoms with Crippen LogP contribution in [0.25, 0.3) is 0 Å². The van der Waals surface area contributed by atoms with Crippen molar-refractivity contribution in [2.24, 2.45) is 22.7 Å². The third-order valence-electron chi connectivity index (χ3n) is 9.75. The number of ether oxygens (including phenoxy) is 2. The average Bonchev–Trinajstić information content (AvgIpc) is 3.20. The van der Waals surface area contributed by atoms with Gasteiger partial charge in [0.25, 0.3) is 0 Å². The first-order chi connectivity index (χ1) is 16.0. The lowest BCUT2D eigenvalue weighted by atomic mass is 9.48. The maximum Gasteiger partial charge on any atom is 0.119 e. The molecule has 0 aliphatic heterocycles. The molecule has 2 aromatic carbocycles. The Morgan fingerprint density at radius 3 is 2.76 bits per heavy atom. The molecule has 0 amide bonds. The third kappa shape index (κ3) is 2.84. The van der Waals surface area contributed by atoms with Crippen LogP contribution in [0.1, 0.15) is 55.2 Å². The fraction of sp³-hybridized carbons (Fsp3) is 0.467. The molecule has 2 aromatic rings. The van der Waals surface area contributed by atoms with E-state index in [0.717, 1.165) is 37.0 Å². The molecule has 6 atom stereocenters. The molecular formula is C30H34O3. The summed E-state index contributed by atoms with van der Waals surface area (Å²) in [6, 6.07) is 16.9. The highest BCUT2D eigenvalue weighted by Crippen LogP contribution is 2.76. The number of hydrogen-bond acceptors (Lipinski definition) is 3. The largest absolute Gasteiger partial charge is 0.497 e. The molecule has 4 aliphatic rings. The molecule has 0 unspecified atom stereocenters. The van der Waals surface area contributed by atoms with Gasteiger partial charge in [0.15, 0.2) is 0 Å². The number of rotatable bonds is 5. The minimum absolute atomic E-state index is 0.0523. The van der Waals surface area contributed by atoms with Crippen molar-refractivity contribution >= 4 is 0 Å². The Kier molecular flexibility index (Phi) is 4.78. The highest BCUT2D eigenvalue weighted by atomic mass is 16.5. The van der Waals surface area contributed by atoms with Gasteiger partial charge in [0, 0.05) is 16.7 Å². The SMILES string of the molecule is COc1ccc2c(c1)CC[C@@H]1[C@@H]2CC[C@]2(C)[C@@]3(O)C=C[C@]12C[C@H]3/C=C\OCc1ccccc1. The van der Waals surface area contributed by atoms with Crippen LogP contribution in [-0.2, 0) is 17.8 Å². The van der Waals surface area contributed by atoms with E-state index in [4.69, 9.17) is 9.47 Å². The molecule has 172 valence electrons. The first kappa shape index (κ1) is 21.0. The number of benzene rings is 2. The molecular weight excluding hydrogens is 408 g/mol. The molecule has 0 aromatic heterocycles. The number of hydrogen-bond donors (Lipinski definition) is 1. The molecule has 2 saturated carbocycles. The van der Waals surface area contributed by atoms with Crippen molar-refractivity contribution in [3.05, 3.63) is 89.7 Å². The van der Waals surface area contributed by atoms with Crippen molar-refractivity contribution < 1.29 is 14.6 Å². The van der Waals surface area contributed by atoms with Gasteiger partial charge in [-0.15, -0.1) is 0 Å². The summed E-state index contributed by atoms with van der Waals surface area (Å²) in [4.78, 5) is 0. The quantitative estimate of drug-likeness (QED) is 0.444. The van der Waals surface area contributed by atoms with E-state index in [1.54, 1.807) is 7.11 Å². The van der Waals surface area contributed by atoms with Gasteiger partial charge in [-0.2, -0.15) is 0 Å². The second-order valence-corrected chi connectivity index (χ2v) is 10.8. The van der Waals surface area contributed by atoms with Crippen LogP contribution in [0.3, 0.4) is 0 Å². The molecule has 1 N–H and O–H groups in total. The first-order valence-electron chi connectivity index (χ1n) is 12.4. The Hall–Kier alpha value is -2.52. The zero-order valence-corrected chi connectivity index (χ0v) is 19.7. The van der Waals surface area contributed by atoms with Gasteiger partial charge in [-0.1, -0.05) is 55.5 Å². The van der Waals surface area contributed by atoms with Crippen LogP contribution in [0, 0.1) is 22.7 Å². The summed E-state index contributed by atoms with van der Waals surface area (Å²) in [6.07, 6.45) is 14.0. The second-order valence-electron chi connectivity index (χ2n) is 10.8. The number of allylic oxidation sites excluding steroid dienone is 1. The van der Waals surface area contributed by atoms with Crippen LogP contribution in [0.5, 0.6) is 5.75 Å². The smallest absolute Gasteiger partial charge is 0.119 e. The predicted octanol–water partition coefficient (Wildman–Crippen LogP) is 6.18. The maximum absolute atomic E-state index is 12.0. The van der Waals surface area contributed by atoms with Gasteiger partial charge in [0.1, 0.15) is 12.4 Å². The van der Waals surface area contributed by atoms with Crippen LogP contribution >= 0.6 is 0 Å². The lowest BCUT2D eigenvalue weighted by Gasteiger charge is -2.56. The van der Waals surface area contributed by atoms with Crippen molar-refractivity contribution in [3.8, 4) is 5.75 Å². The van der Waals surface area contributed by atoms with Gasteiger partial charge in [0.2, 0.25) is 0 Å². The van der Waals surface area contributed by atoms with E-state index in [0.29, 0.717) is 18.4 Å². The van der Waals surface area contributed by atoms with E-state index in [9.17, 15) is 5.11 Å². The third-order valence-corrected chi connectivity index (χ3v) is 9.75. The Morgan fingerprint density at radius 2 is 1.94 bits per heavy atom. The molecule has 4 aliphatic carbocycles. The molecule has 3 nitrogen and oxygen atoms in total. The van der Waals surface area contributed by atoms with Gasteiger partial charge in [-0.05, 0) is 78.8 Å². The normalized spacial score (nSPS) is 38.1. The topological polar surface area (TPSA) is 38.7 Å². The molecule has 0 radical (unpaired) electrons. The van der Waals surface area contributed by atoms with Crippen molar-refractivity contribution in [1.82, 2.24) is 0 Å². The molecule has 0 spiro atoms. The van der Waals surface area contributed by atoms with Gasteiger partial charge >= 0.3 is 0 Å². The molecule has 0 saturated heterocycles. The van der Waals surface area contributed by atoms with E-state index in [1.165, 1.54) is 17.5 Å². The number of fused-ring (bicyclic) bond motifs is 3. The van der Waals surface area contributed by atoms with E-state index >= 15 is 0 Å². The monoisotopic (exact) mass is 442 g/mol. The van der Waals surface area contributed by atoms with Crippen molar-refractivity contribution in [3.63, 3.8) is 0 Å². The van der Waals surface area contributed by atoms with Crippen LogP contribution in [0.4, 0.5) is 0 Å². The van der Waals surface area contributed by atoms with E-state index in [2.05, 4.69) is 55.5 Å². The molecule has 33 heavy (non-hydrogen) atoms. The Bertz CT molecular complexity index is 1100. The van der Waals surface area contributed by atoms with Gasteiger partial charge < -0.3 is 14.6 Å². The van der Waals surface area contributed by atoms with Crippen LogP contribution < -0.4 is 4.74 Å². The molecule has 2 bridgehead atoms. The lowest BCUT2D eigenvalue weighted by Crippen LogP contribution is -2.53. The molecule has 6 rings (SSSR count). The summed E-state index contributed by atoms with van der Waals surface area (Å²) < 4.78 is 11.4. The number of methoxy groups -OCH3 is 1. The molecule has 2 fully saturated rings. The average molecular weight is 443 g/mol. The van der Waals surface area contributed by atoms with Crippen molar-refractivity contribution in [1.29, 1.82) is 0 Å². The zero-order chi connectivity index (χ0) is 22.7. The minimum Gasteiger partial charge on any atom is -0.497 e. The van der Waals surface area contributed by atoms with E-state index in [1.807, 2.05) is 24.5 Å². The second kappa shape index (κ2) is 7.50. The van der Waals surface area contributed by atoms with Crippen LogP contribution in [0.2, 0.25) is 0 Å². The molecule has 3 heteroatoms. The number of aryl methyl sites for hydroxylation is 1. The van der Waals surface area contributed by atoms with Crippen LogP contribution in [0.15, 0.2) is 73.0 Å². The van der Waals surface area contributed by atoms with Crippen molar-refractivity contribution in [2.75, 3.05) is 7.11 Å². The minimum atomic E-state index is -0.787.